The Kier molecular flexibility index (Phi) is 2.66. The zero-order chi connectivity index (χ0) is 11.7. The van der Waals surface area contributed by atoms with Crippen molar-refractivity contribution in [2.45, 2.75) is 25.8 Å². The summed E-state index contributed by atoms with van der Waals surface area (Å²) >= 11 is 0. The Morgan fingerprint density at radius 1 is 1.35 bits per heavy atom. The van der Waals surface area contributed by atoms with Gasteiger partial charge < -0.3 is 15.0 Å². The molecule has 4 nitrogen and oxygen atoms in total. The second kappa shape index (κ2) is 4.31. The molecule has 0 fully saturated rings. The van der Waals surface area contributed by atoms with Gasteiger partial charge in [-0.2, -0.15) is 0 Å². The van der Waals surface area contributed by atoms with E-state index in [9.17, 15) is 0 Å². The molecule has 1 aliphatic rings. The summed E-state index contributed by atoms with van der Waals surface area (Å²) in [6, 6.07) is 10.3. The molecule has 0 aliphatic carbocycles. The summed E-state index contributed by atoms with van der Waals surface area (Å²) in [5.41, 5.74) is 8.89. The molecule has 0 unspecified atom stereocenters. The van der Waals surface area contributed by atoms with Gasteiger partial charge in [-0.25, -0.2) is 4.98 Å². The average Bonchev–Trinajstić information content (AvgIpc) is 2.81. The van der Waals surface area contributed by atoms with Crippen molar-refractivity contribution in [3.63, 3.8) is 0 Å². The van der Waals surface area contributed by atoms with E-state index >= 15 is 0 Å². The molecule has 0 bridgehead atoms. The van der Waals surface area contributed by atoms with Gasteiger partial charge in [0.1, 0.15) is 6.10 Å². The maximum atomic E-state index is 5.87. The maximum absolute atomic E-state index is 5.87. The first-order valence-electron chi connectivity index (χ1n) is 5.78. The Labute approximate surface area is 100 Å². The second-order valence-electron chi connectivity index (χ2n) is 4.20. The third-order valence-electron chi connectivity index (χ3n) is 3.18. The van der Waals surface area contributed by atoms with Gasteiger partial charge in [0.25, 0.3) is 0 Å². The van der Waals surface area contributed by atoms with Crippen molar-refractivity contribution >= 4 is 0 Å². The zero-order valence-corrected chi connectivity index (χ0v) is 9.54. The molecule has 2 N–H and O–H groups in total. The highest BCUT2D eigenvalue weighted by molar-refractivity contribution is 5.20. The van der Waals surface area contributed by atoms with Crippen LogP contribution in [0.5, 0.6) is 0 Å². The van der Waals surface area contributed by atoms with Crippen LogP contribution in [-0.2, 0) is 24.4 Å². The van der Waals surface area contributed by atoms with Crippen LogP contribution in [0, 0.1) is 0 Å². The van der Waals surface area contributed by atoms with E-state index < -0.39 is 0 Å². The number of nitrogens with zero attached hydrogens (tertiary/aromatic N) is 2. The van der Waals surface area contributed by atoms with Crippen molar-refractivity contribution in [1.82, 2.24) is 9.55 Å². The molecule has 17 heavy (non-hydrogen) atoms. The topological polar surface area (TPSA) is 53.1 Å². The Morgan fingerprint density at radius 3 is 2.94 bits per heavy atom. The number of aromatic nitrogens is 2. The van der Waals surface area contributed by atoms with E-state index in [0.717, 1.165) is 17.9 Å². The van der Waals surface area contributed by atoms with E-state index in [1.807, 2.05) is 24.5 Å². The van der Waals surface area contributed by atoms with Crippen LogP contribution in [0.25, 0.3) is 0 Å². The molecular formula is C13H15N3O. The van der Waals surface area contributed by atoms with Crippen molar-refractivity contribution < 1.29 is 4.74 Å². The van der Waals surface area contributed by atoms with Crippen molar-refractivity contribution in [1.29, 1.82) is 0 Å². The van der Waals surface area contributed by atoms with Crippen LogP contribution in [0.1, 0.15) is 23.1 Å². The van der Waals surface area contributed by atoms with Crippen LogP contribution in [-0.4, -0.2) is 9.55 Å². The number of nitrogens with two attached hydrogens (primary N) is 1. The van der Waals surface area contributed by atoms with Gasteiger partial charge in [-0.1, -0.05) is 30.3 Å². The lowest BCUT2D eigenvalue weighted by Crippen LogP contribution is -2.21. The van der Waals surface area contributed by atoms with Crippen LogP contribution >= 0.6 is 0 Å². The highest BCUT2D eigenvalue weighted by Gasteiger charge is 2.22. The smallest absolute Gasteiger partial charge is 0.101 e. The Balaban J connectivity index is 1.86. The standard InChI is InChI=1S/C13H15N3O/c14-6-11-12-8-17-13(7-16(12)9-15-11)10-4-2-1-3-5-10/h1-5,9,13H,6-8,14H2/t13-/m0/s1. The van der Waals surface area contributed by atoms with Gasteiger partial charge in [-0.05, 0) is 5.56 Å². The van der Waals surface area contributed by atoms with Crippen LogP contribution in [0.2, 0.25) is 0 Å². The van der Waals surface area contributed by atoms with Gasteiger partial charge in [-0.3, -0.25) is 0 Å². The van der Waals surface area contributed by atoms with Gasteiger partial charge in [0.15, 0.2) is 0 Å². The Bertz CT molecular complexity index is 507. The number of benzene rings is 1. The molecular weight excluding hydrogens is 214 g/mol. The molecule has 0 amide bonds. The van der Waals surface area contributed by atoms with Gasteiger partial charge >= 0.3 is 0 Å². The summed E-state index contributed by atoms with van der Waals surface area (Å²) in [5.74, 6) is 0. The number of hydrogen-bond donors (Lipinski definition) is 1. The van der Waals surface area contributed by atoms with E-state index in [2.05, 4.69) is 21.7 Å². The van der Waals surface area contributed by atoms with Crippen molar-refractivity contribution in [2.24, 2.45) is 5.73 Å². The fourth-order valence-corrected chi connectivity index (χ4v) is 2.22. The molecule has 3 rings (SSSR count). The van der Waals surface area contributed by atoms with Crippen LogP contribution < -0.4 is 5.73 Å². The van der Waals surface area contributed by atoms with Crippen molar-refractivity contribution in [3.05, 3.63) is 53.6 Å². The van der Waals surface area contributed by atoms with E-state index in [4.69, 9.17) is 10.5 Å². The summed E-state index contributed by atoms with van der Waals surface area (Å²) in [6.07, 6.45) is 1.97. The first kappa shape index (κ1) is 10.5. The predicted octanol–water partition coefficient (Wildman–Crippen LogP) is 1.61. The Hall–Kier alpha value is -1.65. The summed E-state index contributed by atoms with van der Waals surface area (Å²) in [5, 5.41) is 0. The molecule has 88 valence electrons. The van der Waals surface area contributed by atoms with Crippen LogP contribution in [0.15, 0.2) is 36.7 Å². The van der Waals surface area contributed by atoms with E-state index in [0.29, 0.717) is 13.2 Å². The molecule has 1 aromatic heterocycles. The normalized spacial score (nSPS) is 19.0. The summed E-state index contributed by atoms with van der Waals surface area (Å²) in [4.78, 5) is 4.30. The molecule has 0 radical (unpaired) electrons. The van der Waals surface area contributed by atoms with Gasteiger partial charge in [-0.15, -0.1) is 0 Å². The van der Waals surface area contributed by atoms with E-state index in [1.165, 1.54) is 5.56 Å². The number of rotatable bonds is 2. The molecule has 0 spiro atoms. The summed E-state index contributed by atoms with van der Waals surface area (Å²) in [6.45, 7) is 1.88. The SMILES string of the molecule is NCc1ncn2c1CO[C@H](c1ccccc1)C2. The largest absolute Gasteiger partial charge is 0.365 e. The minimum atomic E-state index is 0.114. The zero-order valence-electron chi connectivity index (χ0n) is 9.54. The highest BCUT2D eigenvalue weighted by atomic mass is 16.5. The van der Waals surface area contributed by atoms with Gasteiger partial charge in [0.2, 0.25) is 0 Å². The fraction of sp³-hybridized carbons (Fsp3) is 0.308. The third-order valence-corrected chi connectivity index (χ3v) is 3.18. The molecule has 1 atom stereocenters. The van der Waals surface area contributed by atoms with Crippen molar-refractivity contribution in [3.8, 4) is 0 Å². The first-order chi connectivity index (χ1) is 8.38. The van der Waals surface area contributed by atoms with Gasteiger partial charge in [0, 0.05) is 6.54 Å². The molecule has 2 aromatic rings. The van der Waals surface area contributed by atoms with E-state index in [1.54, 1.807) is 0 Å². The predicted molar refractivity (Wildman–Crippen MR) is 64.1 cm³/mol. The van der Waals surface area contributed by atoms with E-state index in [-0.39, 0.29) is 6.10 Å². The summed E-state index contributed by atoms with van der Waals surface area (Å²) < 4.78 is 8.02. The monoisotopic (exact) mass is 229 g/mol. The lowest BCUT2D eigenvalue weighted by Gasteiger charge is -2.25. The molecule has 4 heteroatoms. The lowest BCUT2D eigenvalue weighted by atomic mass is 10.1. The number of imidazole rings is 1. The fourth-order valence-electron chi connectivity index (χ4n) is 2.22. The maximum Gasteiger partial charge on any atom is 0.101 e. The molecule has 2 heterocycles. The van der Waals surface area contributed by atoms with Crippen molar-refractivity contribution in [2.75, 3.05) is 0 Å². The number of ether oxygens (including phenoxy) is 1. The molecule has 1 aromatic carbocycles. The second-order valence-corrected chi connectivity index (χ2v) is 4.20. The first-order valence-corrected chi connectivity index (χ1v) is 5.78. The Morgan fingerprint density at radius 2 is 2.18 bits per heavy atom. The van der Waals surface area contributed by atoms with Gasteiger partial charge in [0.05, 0.1) is 30.9 Å². The highest BCUT2D eigenvalue weighted by Crippen LogP contribution is 2.27. The molecule has 1 aliphatic heterocycles. The summed E-state index contributed by atoms with van der Waals surface area (Å²) in [7, 11) is 0. The van der Waals surface area contributed by atoms with Crippen LogP contribution in [0.3, 0.4) is 0 Å². The number of fused-ring (bicyclic) bond motifs is 1. The minimum absolute atomic E-state index is 0.114. The molecule has 0 saturated heterocycles. The lowest BCUT2D eigenvalue weighted by molar-refractivity contribution is 0.00257. The third kappa shape index (κ3) is 1.85. The quantitative estimate of drug-likeness (QED) is 0.851. The molecule has 0 saturated carbocycles. The van der Waals surface area contributed by atoms with Crippen LogP contribution in [0.4, 0.5) is 0 Å². The average molecular weight is 229 g/mol. The number of hydrogen-bond acceptors (Lipinski definition) is 3. The minimum Gasteiger partial charge on any atom is -0.365 e.